The molecule has 2 saturated heterocycles. The van der Waals surface area contributed by atoms with Crippen LogP contribution in [0, 0.1) is 0 Å². The van der Waals surface area contributed by atoms with E-state index >= 15 is 0 Å². The Morgan fingerprint density at radius 2 is 1.33 bits per heavy atom. The zero-order chi connectivity index (χ0) is 23.4. The van der Waals surface area contributed by atoms with Crippen LogP contribution in [0.3, 0.4) is 0 Å². The van der Waals surface area contributed by atoms with Gasteiger partial charge in [-0.15, -0.1) is 0 Å². The molecule has 9 nitrogen and oxygen atoms in total. The second-order valence-electron chi connectivity index (χ2n) is 7.81. The zero-order valence-electron chi connectivity index (χ0n) is 17.9. The van der Waals surface area contributed by atoms with Gasteiger partial charge in [-0.25, -0.2) is 18.1 Å². The lowest BCUT2D eigenvalue weighted by molar-refractivity contribution is -0.144. The van der Waals surface area contributed by atoms with E-state index in [1.807, 2.05) is 36.4 Å². The van der Waals surface area contributed by atoms with E-state index in [0.717, 1.165) is 20.9 Å². The first kappa shape index (κ1) is 22.8. The maximum Gasteiger partial charge on any atom is 0.335 e. The number of carbonyl (C=O) groups is 3. The molecular weight excluding hydrogens is 444 g/mol. The third-order valence-electron chi connectivity index (χ3n) is 5.58. The highest BCUT2D eigenvalue weighted by atomic mass is 32.2. The van der Waals surface area contributed by atoms with Gasteiger partial charge in [0.1, 0.15) is 0 Å². The Morgan fingerprint density at radius 1 is 0.758 bits per heavy atom. The Morgan fingerprint density at radius 3 is 1.97 bits per heavy atom. The van der Waals surface area contributed by atoms with Crippen LogP contribution in [0.4, 0.5) is 4.79 Å². The van der Waals surface area contributed by atoms with Gasteiger partial charge in [0.25, 0.3) is 0 Å². The fraction of sp³-hybridized carbons (Fsp3) is 0.261. The molecule has 172 valence electrons. The number of carbonyl (C=O) groups excluding carboxylic acids is 3. The van der Waals surface area contributed by atoms with Crippen molar-refractivity contribution >= 4 is 33.9 Å². The predicted octanol–water partition coefficient (Wildman–Crippen LogP) is 1.55. The van der Waals surface area contributed by atoms with Gasteiger partial charge in [-0.2, -0.15) is 4.31 Å². The summed E-state index contributed by atoms with van der Waals surface area (Å²) in [5.74, 6) is -1.71. The van der Waals surface area contributed by atoms with E-state index in [1.165, 1.54) is 9.71 Å². The minimum Gasteiger partial charge on any atom is -0.283 e. The highest BCUT2D eigenvalue weighted by Gasteiger charge is 2.45. The maximum absolute atomic E-state index is 12.7. The molecule has 33 heavy (non-hydrogen) atoms. The summed E-state index contributed by atoms with van der Waals surface area (Å²) in [4.78, 5) is 41.1. The van der Waals surface area contributed by atoms with Crippen molar-refractivity contribution < 1.29 is 22.8 Å². The molecule has 0 N–H and O–H groups in total. The van der Waals surface area contributed by atoms with E-state index in [2.05, 4.69) is 0 Å². The van der Waals surface area contributed by atoms with Crippen molar-refractivity contribution in [2.24, 2.45) is 0 Å². The number of urea groups is 1. The van der Waals surface area contributed by atoms with E-state index in [-0.39, 0.29) is 26.3 Å². The average molecular weight is 469 g/mol. The third kappa shape index (κ3) is 5.19. The summed E-state index contributed by atoms with van der Waals surface area (Å²) in [6.45, 7) is 1.09. The SMILES string of the molecule is O=C1C(=O)N(CN2CCN(S(=O)(=O)C=Cc3ccccc3)CC2)C(=O)N1Cc1ccccc1. The fourth-order valence-corrected chi connectivity index (χ4v) is 4.89. The average Bonchev–Trinajstić information content (AvgIpc) is 3.03. The summed E-state index contributed by atoms with van der Waals surface area (Å²) in [6.07, 6.45) is 1.55. The number of piperazine rings is 1. The summed E-state index contributed by atoms with van der Waals surface area (Å²) < 4.78 is 26.6. The number of hydrogen-bond acceptors (Lipinski definition) is 6. The van der Waals surface area contributed by atoms with E-state index in [9.17, 15) is 22.8 Å². The number of sulfonamides is 1. The molecule has 2 aromatic rings. The van der Waals surface area contributed by atoms with Crippen LogP contribution in [0.2, 0.25) is 0 Å². The Kier molecular flexibility index (Phi) is 6.68. The van der Waals surface area contributed by atoms with Gasteiger partial charge in [0.2, 0.25) is 10.0 Å². The molecule has 2 heterocycles. The van der Waals surface area contributed by atoms with Crippen LogP contribution >= 0.6 is 0 Å². The van der Waals surface area contributed by atoms with Gasteiger partial charge < -0.3 is 0 Å². The largest absolute Gasteiger partial charge is 0.335 e. The van der Waals surface area contributed by atoms with Crippen LogP contribution in [-0.4, -0.2) is 78.1 Å². The second-order valence-corrected chi connectivity index (χ2v) is 9.63. The summed E-state index contributed by atoms with van der Waals surface area (Å²) in [7, 11) is -3.59. The molecule has 0 spiro atoms. The van der Waals surface area contributed by atoms with Gasteiger partial charge in [0.05, 0.1) is 13.2 Å². The van der Waals surface area contributed by atoms with E-state index in [1.54, 1.807) is 35.2 Å². The van der Waals surface area contributed by atoms with Gasteiger partial charge in [-0.1, -0.05) is 60.7 Å². The quantitative estimate of drug-likeness (QED) is 0.452. The second kappa shape index (κ2) is 9.65. The molecule has 4 amide bonds. The Balaban J connectivity index is 1.34. The predicted molar refractivity (Wildman–Crippen MR) is 122 cm³/mol. The molecule has 0 atom stereocenters. The first-order valence-corrected chi connectivity index (χ1v) is 12.0. The summed E-state index contributed by atoms with van der Waals surface area (Å²) in [6, 6.07) is 17.5. The molecule has 2 aliphatic rings. The topological polar surface area (TPSA) is 98.3 Å². The van der Waals surface area contributed by atoms with Gasteiger partial charge in [-0.05, 0) is 17.2 Å². The number of nitrogens with zero attached hydrogens (tertiary/aromatic N) is 4. The zero-order valence-corrected chi connectivity index (χ0v) is 18.7. The van der Waals surface area contributed by atoms with Gasteiger partial charge >= 0.3 is 17.8 Å². The Bertz CT molecular complexity index is 1160. The molecule has 2 fully saturated rings. The van der Waals surface area contributed by atoms with Gasteiger partial charge in [0.15, 0.2) is 0 Å². The standard InChI is InChI=1S/C23H24N4O5S/c28-21-22(29)27(23(30)26(21)17-20-9-5-2-6-10-20)18-24-12-14-25(15-13-24)33(31,32)16-11-19-7-3-1-4-8-19/h1-11,16H,12-15,17-18H2. The molecule has 2 aromatic carbocycles. The highest BCUT2D eigenvalue weighted by Crippen LogP contribution is 2.18. The van der Waals surface area contributed by atoms with E-state index < -0.39 is 27.9 Å². The number of amides is 4. The molecule has 2 aliphatic heterocycles. The molecule has 4 rings (SSSR count). The molecule has 0 aromatic heterocycles. The van der Waals surface area contributed by atoms with Crippen LogP contribution in [0.15, 0.2) is 66.1 Å². The minimum atomic E-state index is -3.59. The normalized spacial score (nSPS) is 18.6. The van der Waals surface area contributed by atoms with E-state index in [4.69, 9.17) is 0 Å². The summed E-state index contributed by atoms with van der Waals surface area (Å²) >= 11 is 0. The summed E-state index contributed by atoms with van der Waals surface area (Å²) in [5, 5.41) is 1.19. The van der Waals surface area contributed by atoms with E-state index in [0.29, 0.717) is 13.1 Å². The van der Waals surface area contributed by atoms with Crippen LogP contribution in [0.25, 0.3) is 6.08 Å². The number of benzene rings is 2. The lowest BCUT2D eigenvalue weighted by Gasteiger charge is -2.34. The molecule has 0 saturated carbocycles. The number of hydrogen-bond donors (Lipinski definition) is 0. The minimum absolute atomic E-state index is 0.0283. The van der Waals surface area contributed by atoms with Crippen LogP contribution in [-0.2, 0) is 26.2 Å². The molecule has 0 bridgehead atoms. The molecule has 0 unspecified atom stereocenters. The van der Waals surface area contributed by atoms with Gasteiger partial charge in [0, 0.05) is 31.6 Å². The first-order chi connectivity index (χ1) is 15.8. The lowest BCUT2D eigenvalue weighted by atomic mass is 10.2. The fourth-order valence-electron chi connectivity index (χ4n) is 3.72. The molecular formula is C23H24N4O5S. The van der Waals surface area contributed by atoms with Crippen molar-refractivity contribution in [3.63, 3.8) is 0 Å². The monoisotopic (exact) mass is 468 g/mol. The van der Waals surface area contributed by atoms with Crippen LogP contribution in [0.1, 0.15) is 11.1 Å². The van der Waals surface area contributed by atoms with Crippen molar-refractivity contribution in [1.82, 2.24) is 19.0 Å². The maximum atomic E-state index is 12.7. The summed E-state index contributed by atoms with van der Waals surface area (Å²) in [5.41, 5.74) is 1.53. The highest BCUT2D eigenvalue weighted by molar-refractivity contribution is 7.92. The van der Waals surface area contributed by atoms with Gasteiger partial charge in [-0.3, -0.25) is 19.4 Å². The van der Waals surface area contributed by atoms with Crippen molar-refractivity contribution in [2.75, 3.05) is 32.8 Å². The molecule has 0 radical (unpaired) electrons. The van der Waals surface area contributed by atoms with Crippen molar-refractivity contribution in [3.05, 3.63) is 77.2 Å². The van der Waals surface area contributed by atoms with Crippen molar-refractivity contribution in [1.29, 1.82) is 0 Å². The number of rotatable bonds is 7. The Labute approximate surface area is 192 Å². The third-order valence-corrected chi connectivity index (χ3v) is 7.15. The number of imide groups is 2. The molecule has 10 heteroatoms. The first-order valence-electron chi connectivity index (χ1n) is 10.5. The molecule has 0 aliphatic carbocycles. The smallest absolute Gasteiger partial charge is 0.283 e. The Hall–Kier alpha value is -3.34. The van der Waals surface area contributed by atoms with Crippen molar-refractivity contribution in [3.8, 4) is 0 Å². The van der Waals surface area contributed by atoms with Crippen molar-refractivity contribution in [2.45, 2.75) is 6.54 Å². The van der Waals surface area contributed by atoms with Crippen LogP contribution < -0.4 is 0 Å². The lowest BCUT2D eigenvalue weighted by Crippen LogP contribution is -2.52. The van der Waals surface area contributed by atoms with Crippen LogP contribution in [0.5, 0.6) is 0 Å².